The van der Waals surface area contributed by atoms with Gasteiger partial charge in [0.1, 0.15) is 0 Å². The molecule has 7 heteroatoms. The highest BCUT2D eigenvalue weighted by Gasteiger charge is 2.33. The van der Waals surface area contributed by atoms with Crippen LogP contribution in [0.3, 0.4) is 0 Å². The highest BCUT2D eigenvalue weighted by molar-refractivity contribution is 5.54. The smallest absolute Gasteiger partial charge is 0.358 e. The first kappa shape index (κ1) is 13.8. The Bertz CT molecular complexity index is 459. The zero-order valence-corrected chi connectivity index (χ0v) is 11.5. The molecule has 2 atom stereocenters. The molecule has 0 amide bonds. The van der Waals surface area contributed by atoms with Crippen LogP contribution in [0.15, 0.2) is 6.33 Å². The summed E-state index contributed by atoms with van der Waals surface area (Å²) in [6.45, 7) is 0.626. The van der Waals surface area contributed by atoms with Crippen molar-refractivity contribution in [3.8, 4) is 0 Å². The predicted octanol–water partition coefficient (Wildman–Crippen LogP) is 1.28. The highest BCUT2D eigenvalue weighted by Crippen LogP contribution is 2.33. The van der Waals surface area contributed by atoms with E-state index in [2.05, 4.69) is 4.98 Å². The maximum absolute atomic E-state index is 11.1. The van der Waals surface area contributed by atoms with Gasteiger partial charge >= 0.3 is 5.82 Å². The molecule has 0 aromatic carbocycles. The lowest BCUT2D eigenvalue weighted by atomic mass is 9.84. The van der Waals surface area contributed by atoms with E-state index in [1.165, 1.54) is 12.7 Å². The predicted molar refractivity (Wildman–Crippen MR) is 73.1 cm³/mol. The molecular formula is C12H21N5O2. The molecule has 1 saturated carbocycles. The van der Waals surface area contributed by atoms with Gasteiger partial charge < -0.3 is 20.7 Å². The highest BCUT2D eigenvalue weighted by atomic mass is 16.6. The molecule has 0 aliphatic heterocycles. The van der Waals surface area contributed by atoms with E-state index in [9.17, 15) is 10.1 Å². The maximum atomic E-state index is 11.1. The Balaban J connectivity index is 2.30. The van der Waals surface area contributed by atoms with E-state index in [0.29, 0.717) is 18.3 Å². The average molecular weight is 267 g/mol. The molecular weight excluding hydrogens is 246 g/mol. The lowest BCUT2D eigenvalue weighted by Gasteiger charge is -2.38. The number of hydrogen-bond acceptors (Lipinski definition) is 5. The van der Waals surface area contributed by atoms with Crippen LogP contribution < -0.4 is 10.6 Å². The van der Waals surface area contributed by atoms with Crippen LogP contribution in [0.4, 0.5) is 11.6 Å². The van der Waals surface area contributed by atoms with E-state index in [1.807, 2.05) is 11.9 Å². The second-order valence-electron chi connectivity index (χ2n) is 5.22. The Kier molecular flexibility index (Phi) is 4.04. The van der Waals surface area contributed by atoms with E-state index in [1.54, 1.807) is 11.6 Å². The molecule has 0 bridgehead atoms. The molecule has 1 aliphatic carbocycles. The fourth-order valence-electron chi connectivity index (χ4n) is 3.08. The van der Waals surface area contributed by atoms with Crippen molar-refractivity contribution in [3.05, 3.63) is 16.4 Å². The van der Waals surface area contributed by atoms with Crippen molar-refractivity contribution in [2.45, 2.75) is 31.7 Å². The van der Waals surface area contributed by atoms with Crippen molar-refractivity contribution < 1.29 is 4.92 Å². The Labute approximate surface area is 112 Å². The van der Waals surface area contributed by atoms with Crippen molar-refractivity contribution in [2.75, 3.05) is 18.5 Å². The first-order valence-electron chi connectivity index (χ1n) is 6.64. The van der Waals surface area contributed by atoms with E-state index in [-0.39, 0.29) is 11.9 Å². The number of rotatable bonds is 4. The van der Waals surface area contributed by atoms with Crippen LogP contribution in [0.1, 0.15) is 25.7 Å². The molecule has 19 heavy (non-hydrogen) atoms. The molecule has 2 N–H and O–H groups in total. The van der Waals surface area contributed by atoms with Gasteiger partial charge in [-0.2, -0.15) is 0 Å². The second-order valence-corrected chi connectivity index (χ2v) is 5.22. The Morgan fingerprint density at radius 3 is 2.89 bits per heavy atom. The van der Waals surface area contributed by atoms with Gasteiger partial charge in [-0.15, -0.1) is 0 Å². The average Bonchev–Trinajstić information content (AvgIpc) is 2.80. The van der Waals surface area contributed by atoms with E-state index >= 15 is 0 Å². The first-order valence-corrected chi connectivity index (χ1v) is 6.64. The van der Waals surface area contributed by atoms with Crippen molar-refractivity contribution in [3.63, 3.8) is 0 Å². The van der Waals surface area contributed by atoms with E-state index < -0.39 is 4.92 Å². The Morgan fingerprint density at radius 2 is 2.26 bits per heavy atom. The molecule has 1 aromatic heterocycles. The standard InChI is InChI=1S/C12H21N5O2/c1-15-8-14-11(17(18)19)12(15)16(2)10-6-4-3-5-9(10)7-13/h8-10H,3-7,13H2,1-2H3. The summed E-state index contributed by atoms with van der Waals surface area (Å²) >= 11 is 0. The number of nitro groups is 1. The fourth-order valence-corrected chi connectivity index (χ4v) is 3.08. The number of hydrogen-bond donors (Lipinski definition) is 1. The van der Waals surface area contributed by atoms with Gasteiger partial charge in [0.2, 0.25) is 12.1 Å². The lowest BCUT2D eigenvalue weighted by molar-refractivity contribution is -0.388. The molecule has 1 heterocycles. The topological polar surface area (TPSA) is 90.2 Å². The molecule has 0 saturated heterocycles. The van der Waals surface area contributed by atoms with Gasteiger partial charge in [-0.25, -0.2) is 0 Å². The summed E-state index contributed by atoms with van der Waals surface area (Å²) in [4.78, 5) is 16.5. The van der Waals surface area contributed by atoms with Gasteiger partial charge in [0, 0.05) is 20.1 Å². The van der Waals surface area contributed by atoms with E-state index in [0.717, 1.165) is 19.3 Å². The number of nitrogens with two attached hydrogens (primary N) is 1. The fraction of sp³-hybridized carbons (Fsp3) is 0.750. The first-order chi connectivity index (χ1) is 9.06. The molecule has 1 aliphatic rings. The SMILES string of the molecule is CN(c1c([N+](=O)[O-])ncn1C)C1CCCCC1CN. The Hall–Kier alpha value is -1.63. The summed E-state index contributed by atoms with van der Waals surface area (Å²) in [5.41, 5.74) is 5.84. The monoisotopic (exact) mass is 267 g/mol. The van der Waals surface area contributed by atoms with Gasteiger partial charge in [0.05, 0.1) is 0 Å². The molecule has 2 rings (SSSR count). The largest absolute Gasteiger partial charge is 0.406 e. The van der Waals surface area contributed by atoms with Crippen LogP contribution in [0.2, 0.25) is 0 Å². The number of anilines is 1. The number of imidazole rings is 1. The minimum absolute atomic E-state index is 0.0775. The summed E-state index contributed by atoms with van der Waals surface area (Å²) in [6, 6.07) is 0.257. The third kappa shape index (κ3) is 2.56. The summed E-state index contributed by atoms with van der Waals surface area (Å²) < 4.78 is 1.71. The minimum Gasteiger partial charge on any atom is -0.358 e. The van der Waals surface area contributed by atoms with E-state index in [4.69, 9.17) is 5.73 Å². The van der Waals surface area contributed by atoms with Crippen LogP contribution in [0.25, 0.3) is 0 Å². The molecule has 1 fully saturated rings. The number of aromatic nitrogens is 2. The summed E-state index contributed by atoms with van der Waals surface area (Å²) in [5.74, 6) is 0.884. The van der Waals surface area contributed by atoms with Crippen molar-refractivity contribution in [1.29, 1.82) is 0 Å². The van der Waals surface area contributed by atoms with Crippen molar-refractivity contribution in [1.82, 2.24) is 9.55 Å². The van der Waals surface area contributed by atoms with Gasteiger partial charge in [0.25, 0.3) is 0 Å². The van der Waals surface area contributed by atoms with Crippen LogP contribution in [-0.2, 0) is 7.05 Å². The van der Waals surface area contributed by atoms with Crippen molar-refractivity contribution in [2.24, 2.45) is 18.7 Å². The number of aryl methyl sites for hydroxylation is 1. The van der Waals surface area contributed by atoms with Crippen LogP contribution in [-0.4, -0.2) is 34.1 Å². The van der Waals surface area contributed by atoms with Gasteiger partial charge in [-0.3, -0.25) is 4.57 Å². The lowest BCUT2D eigenvalue weighted by Crippen LogP contribution is -2.44. The Morgan fingerprint density at radius 1 is 1.58 bits per heavy atom. The molecule has 1 aromatic rings. The van der Waals surface area contributed by atoms with Crippen LogP contribution in [0, 0.1) is 16.0 Å². The maximum Gasteiger partial charge on any atom is 0.406 e. The number of nitrogens with zero attached hydrogens (tertiary/aromatic N) is 4. The van der Waals surface area contributed by atoms with Gasteiger partial charge in [0.15, 0.2) is 0 Å². The van der Waals surface area contributed by atoms with Gasteiger partial charge in [-0.1, -0.05) is 12.8 Å². The quantitative estimate of drug-likeness (QED) is 0.655. The third-order valence-corrected chi connectivity index (χ3v) is 4.06. The molecule has 2 unspecified atom stereocenters. The third-order valence-electron chi connectivity index (χ3n) is 4.06. The van der Waals surface area contributed by atoms with Crippen LogP contribution >= 0.6 is 0 Å². The summed E-state index contributed by atoms with van der Waals surface area (Å²) in [5, 5.41) is 11.1. The summed E-state index contributed by atoms with van der Waals surface area (Å²) in [6.07, 6.45) is 5.96. The molecule has 106 valence electrons. The second kappa shape index (κ2) is 5.56. The molecule has 0 radical (unpaired) electrons. The zero-order valence-electron chi connectivity index (χ0n) is 11.5. The van der Waals surface area contributed by atoms with Gasteiger partial charge in [-0.05, 0) is 35.2 Å². The summed E-state index contributed by atoms with van der Waals surface area (Å²) in [7, 11) is 3.69. The molecule has 7 nitrogen and oxygen atoms in total. The normalized spacial score (nSPS) is 23.3. The zero-order chi connectivity index (χ0) is 14.0. The van der Waals surface area contributed by atoms with Crippen molar-refractivity contribution >= 4 is 11.6 Å². The minimum atomic E-state index is -0.424. The molecule has 0 spiro atoms. The van der Waals surface area contributed by atoms with Crippen LogP contribution in [0.5, 0.6) is 0 Å².